The zero-order valence-corrected chi connectivity index (χ0v) is 12.5. The van der Waals surface area contributed by atoms with Gasteiger partial charge in [0, 0.05) is 6.04 Å². The van der Waals surface area contributed by atoms with Crippen LogP contribution in [-0.2, 0) is 6.42 Å². The topological polar surface area (TPSA) is 41.5 Å². The Balaban J connectivity index is 2.36. The predicted molar refractivity (Wildman–Crippen MR) is 79.6 cm³/mol. The van der Waals surface area contributed by atoms with Crippen LogP contribution in [0.4, 0.5) is 0 Å². The van der Waals surface area contributed by atoms with Crippen molar-refractivity contribution in [2.75, 3.05) is 13.7 Å². The second-order valence-corrected chi connectivity index (χ2v) is 5.47. The van der Waals surface area contributed by atoms with Crippen molar-refractivity contribution < 1.29 is 9.84 Å². The van der Waals surface area contributed by atoms with E-state index in [0.29, 0.717) is 12.0 Å². The van der Waals surface area contributed by atoms with Gasteiger partial charge >= 0.3 is 0 Å². The zero-order chi connectivity index (χ0) is 14.3. The Labute approximate surface area is 117 Å². The molecule has 0 heterocycles. The highest BCUT2D eigenvalue weighted by molar-refractivity contribution is 5.33. The number of methoxy groups -OCH3 is 1. The number of hydrogen-bond donors (Lipinski definition) is 2. The van der Waals surface area contributed by atoms with Gasteiger partial charge in [-0.15, -0.1) is 0 Å². The Hall–Kier alpha value is -1.06. The maximum absolute atomic E-state index is 9.75. The normalized spacial score (nSPS) is 14.4. The minimum atomic E-state index is -0.217. The van der Waals surface area contributed by atoms with E-state index < -0.39 is 0 Å². The molecular formula is C16H27NO2. The predicted octanol–water partition coefficient (Wildman–Crippen LogP) is 2.62. The molecule has 0 bridgehead atoms. The van der Waals surface area contributed by atoms with E-state index >= 15 is 0 Å². The van der Waals surface area contributed by atoms with Crippen molar-refractivity contribution in [3.05, 3.63) is 29.8 Å². The van der Waals surface area contributed by atoms with Crippen molar-refractivity contribution in [1.29, 1.82) is 0 Å². The van der Waals surface area contributed by atoms with Gasteiger partial charge in [-0.1, -0.05) is 32.0 Å². The summed E-state index contributed by atoms with van der Waals surface area (Å²) in [6.45, 7) is 7.09. The second kappa shape index (κ2) is 8.18. The van der Waals surface area contributed by atoms with Crippen LogP contribution in [0.25, 0.3) is 0 Å². The molecule has 2 unspecified atom stereocenters. The Kier molecular flexibility index (Phi) is 6.89. The molecule has 1 rings (SSSR count). The third-order valence-corrected chi connectivity index (χ3v) is 3.42. The Morgan fingerprint density at radius 2 is 1.89 bits per heavy atom. The molecule has 3 nitrogen and oxygen atoms in total. The van der Waals surface area contributed by atoms with Crippen LogP contribution in [0.2, 0.25) is 0 Å². The van der Waals surface area contributed by atoms with Gasteiger partial charge in [-0.25, -0.2) is 0 Å². The van der Waals surface area contributed by atoms with E-state index in [9.17, 15) is 5.11 Å². The molecule has 0 aliphatic heterocycles. The van der Waals surface area contributed by atoms with Crippen molar-refractivity contribution in [2.24, 2.45) is 5.92 Å². The molecule has 1 aromatic rings. The fourth-order valence-corrected chi connectivity index (χ4v) is 2.08. The summed E-state index contributed by atoms with van der Waals surface area (Å²) in [5.41, 5.74) is 1.22. The molecular weight excluding hydrogens is 238 g/mol. The highest BCUT2D eigenvalue weighted by atomic mass is 16.5. The van der Waals surface area contributed by atoms with E-state index in [2.05, 4.69) is 18.3 Å². The first-order chi connectivity index (χ1) is 9.04. The highest BCUT2D eigenvalue weighted by Crippen LogP contribution is 2.18. The van der Waals surface area contributed by atoms with Crippen LogP contribution in [0.1, 0.15) is 32.8 Å². The van der Waals surface area contributed by atoms with Gasteiger partial charge in [-0.2, -0.15) is 0 Å². The first-order valence-corrected chi connectivity index (χ1v) is 7.08. The average Bonchev–Trinajstić information content (AvgIpc) is 2.39. The Bertz CT molecular complexity index is 366. The minimum absolute atomic E-state index is 0.217. The average molecular weight is 265 g/mol. The minimum Gasteiger partial charge on any atom is -0.496 e. The van der Waals surface area contributed by atoms with Gasteiger partial charge in [0.1, 0.15) is 5.75 Å². The molecule has 0 saturated heterocycles. The van der Waals surface area contributed by atoms with Gasteiger partial charge in [-0.05, 0) is 43.9 Å². The molecule has 2 atom stereocenters. The second-order valence-electron chi connectivity index (χ2n) is 5.47. The van der Waals surface area contributed by atoms with Gasteiger partial charge < -0.3 is 15.2 Å². The van der Waals surface area contributed by atoms with Gasteiger partial charge in [0.15, 0.2) is 0 Å². The molecule has 0 aliphatic carbocycles. The molecule has 0 radical (unpaired) electrons. The smallest absolute Gasteiger partial charge is 0.122 e. The number of hydrogen-bond acceptors (Lipinski definition) is 3. The fourth-order valence-electron chi connectivity index (χ4n) is 2.08. The third kappa shape index (κ3) is 5.62. The number of para-hydroxylation sites is 1. The molecule has 0 aromatic heterocycles. The number of benzene rings is 1. The SMILES string of the molecule is COc1ccccc1CC(C)NCCC(O)C(C)C. The largest absolute Gasteiger partial charge is 0.496 e. The first-order valence-electron chi connectivity index (χ1n) is 7.08. The van der Waals surface area contributed by atoms with Crippen molar-refractivity contribution in [3.63, 3.8) is 0 Å². The quantitative estimate of drug-likeness (QED) is 0.759. The molecule has 19 heavy (non-hydrogen) atoms. The highest BCUT2D eigenvalue weighted by Gasteiger charge is 2.11. The number of aliphatic hydroxyl groups is 1. The standard InChI is InChI=1S/C16H27NO2/c1-12(2)15(18)9-10-17-13(3)11-14-7-5-6-8-16(14)19-4/h5-8,12-13,15,17-18H,9-11H2,1-4H3. The summed E-state index contributed by atoms with van der Waals surface area (Å²) < 4.78 is 5.35. The van der Waals surface area contributed by atoms with Crippen LogP contribution in [0.5, 0.6) is 5.75 Å². The molecule has 0 aliphatic rings. The van der Waals surface area contributed by atoms with Crippen molar-refractivity contribution in [3.8, 4) is 5.75 Å². The third-order valence-electron chi connectivity index (χ3n) is 3.42. The Morgan fingerprint density at radius 1 is 1.21 bits per heavy atom. The molecule has 3 heteroatoms. The van der Waals surface area contributed by atoms with Gasteiger partial charge in [0.25, 0.3) is 0 Å². The van der Waals surface area contributed by atoms with Gasteiger partial charge in [-0.3, -0.25) is 0 Å². The molecule has 2 N–H and O–H groups in total. The molecule has 1 aromatic carbocycles. The van der Waals surface area contributed by atoms with Crippen LogP contribution in [-0.4, -0.2) is 30.9 Å². The van der Waals surface area contributed by atoms with E-state index in [1.54, 1.807) is 7.11 Å². The molecule has 0 spiro atoms. The summed E-state index contributed by atoms with van der Waals surface area (Å²) in [5.74, 6) is 1.27. The van der Waals surface area contributed by atoms with Crippen LogP contribution in [0.15, 0.2) is 24.3 Å². The number of nitrogens with one attached hydrogen (secondary N) is 1. The maximum Gasteiger partial charge on any atom is 0.122 e. The van der Waals surface area contributed by atoms with Gasteiger partial charge in [0.2, 0.25) is 0 Å². The summed E-state index contributed by atoms with van der Waals surface area (Å²) in [7, 11) is 1.70. The summed E-state index contributed by atoms with van der Waals surface area (Å²) in [5, 5.41) is 13.2. The number of ether oxygens (including phenoxy) is 1. The summed E-state index contributed by atoms with van der Waals surface area (Å²) in [6.07, 6.45) is 1.52. The van der Waals surface area contributed by atoms with Crippen LogP contribution < -0.4 is 10.1 Å². The summed E-state index contributed by atoms with van der Waals surface area (Å²) in [4.78, 5) is 0. The molecule has 108 valence electrons. The monoisotopic (exact) mass is 265 g/mol. The van der Waals surface area contributed by atoms with E-state index in [1.165, 1.54) is 5.56 Å². The first kappa shape index (κ1) is 16.0. The fraction of sp³-hybridized carbons (Fsp3) is 0.625. The molecule has 0 amide bonds. The van der Waals surface area contributed by atoms with Crippen LogP contribution in [0.3, 0.4) is 0 Å². The lowest BCUT2D eigenvalue weighted by Crippen LogP contribution is -2.32. The van der Waals surface area contributed by atoms with E-state index in [4.69, 9.17) is 4.74 Å². The molecule has 0 fully saturated rings. The van der Waals surface area contributed by atoms with E-state index in [1.807, 2.05) is 32.0 Å². The Morgan fingerprint density at radius 3 is 2.53 bits per heavy atom. The van der Waals surface area contributed by atoms with Crippen molar-refractivity contribution >= 4 is 0 Å². The summed E-state index contributed by atoms with van der Waals surface area (Å²) in [6, 6.07) is 8.48. The van der Waals surface area contributed by atoms with E-state index in [-0.39, 0.29) is 6.10 Å². The van der Waals surface area contributed by atoms with Crippen molar-refractivity contribution in [1.82, 2.24) is 5.32 Å². The zero-order valence-electron chi connectivity index (χ0n) is 12.5. The lowest BCUT2D eigenvalue weighted by atomic mass is 10.0. The van der Waals surface area contributed by atoms with Crippen molar-refractivity contribution in [2.45, 2.75) is 45.8 Å². The maximum atomic E-state index is 9.75. The summed E-state index contributed by atoms with van der Waals surface area (Å²) >= 11 is 0. The van der Waals surface area contributed by atoms with E-state index in [0.717, 1.165) is 25.1 Å². The number of rotatable bonds is 8. The number of aliphatic hydroxyl groups excluding tert-OH is 1. The van der Waals surface area contributed by atoms with Crippen LogP contribution in [0, 0.1) is 5.92 Å². The van der Waals surface area contributed by atoms with Crippen LogP contribution >= 0.6 is 0 Å². The lowest BCUT2D eigenvalue weighted by molar-refractivity contribution is 0.115. The molecule has 0 saturated carbocycles. The lowest BCUT2D eigenvalue weighted by Gasteiger charge is -2.18. The van der Waals surface area contributed by atoms with Gasteiger partial charge in [0.05, 0.1) is 13.2 Å².